The highest BCUT2D eigenvalue weighted by Crippen LogP contribution is 2.25. The Labute approximate surface area is 111 Å². The molecule has 0 aliphatic heterocycles. The zero-order chi connectivity index (χ0) is 14.7. The Bertz CT molecular complexity index is 371. The van der Waals surface area contributed by atoms with Gasteiger partial charge in [0, 0.05) is 24.8 Å². The van der Waals surface area contributed by atoms with Gasteiger partial charge in [-0.25, -0.2) is 0 Å². The highest BCUT2D eigenvalue weighted by Gasteiger charge is 2.31. The van der Waals surface area contributed by atoms with E-state index in [0.29, 0.717) is 12.6 Å². The number of carbonyl (C=O) groups excluding carboxylic acids is 3. The second-order valence-electron chi connectivity index (χ2n) is 4.18. The van der Waals surface area contributed by atoms with E-state index in [1.807, 2.05) is 5.92 Å². The third kappa shape index (κ3) is 6.99. The molecule has 0 unspecified atom stereocenters. The lowest BCUT2D eigenvalue weighted by Crippen LogP contribution is -2.48. The molecule has 0 fully saturated rings. The fourth-order valence-corrected chi connectivity index (χ4v) is 1.86. The number of carbonyl (C=O) groups is 4. The molecule has 0 spiro atoms. The summed E-state index contributed by atoms with van der Waals surface area (Å²) in [6.45, 7) is 0. The molecule has 0 aliphatic carbocycles. The van der Waals surface area contributed by atoms with E-state index in [1.165, 1.54) is 0 Å². The van der Waals surface area contributed by atoms with Crippen LogP contribution < -0.4 is 5.32 Å². The van der Waals surface area contributed by atoms with Crippen molar-refractivity contribution in [1.82, 2.24) is 5.32 Å². The summed E-state index contributed by atoms with van der Waals surface area (Å²) in [5.74, 6) is 0.191. The first-order valence-corrected chi connectivity index (χ1v) is 5.87. The Balaban J connectivity index is 4.98. The first-order chi connectivity index (χ1) is 8.99. The molecular formula is C13H17NO5. The van der Waals surface area contributed by atoms with Crippen LogP contribution in [0.2, 0.25) is 0 Å². The van der Waals surface area contributed by atoms with Crippen molar-refractivity contribution in [3.05, 3.63) is 0 Å². The first-order valence-electron chi connectivity index (χ1n) is 5.87. The lowest BCUT2D eigenvalue weighted by atomic mass is 9.84. The van der Waals surface area contributed by atoms with E-state index >= 15 is 0 Å². The van der Waals surface area contributed by atoms with Gasteiger partial charge in [0.25, 0.3) is 5.91 Å². The summed E-state index contributed by atoms with van der Waals surface area (Å²) in [7, 11) is 0. The summed E-state index contributed by atoms with van der Waals surface area (Å²) in [5, 5.41) is 11.3. The molecule has 2 N–H and O–H groups in total. The molecule has 0 heterocycles. The zero-order valence-corrected chi connectivity index (χ0v) is 10.6. The molecule has 0 aromatic rings. The van der Waals surface area contributed by atoms with Crippen molar-refractivity contribution in [3.63, 3.8) is 0 Å². The van der Waals surface area contributed by atoms with Gasteiger partial charge in [0.15, 0.2) is 0 Å². The number of hydrogen-bond donors (Lipinski definition) is 2. The van der Waals surface area contributed by atoms with E-state index in [0.717, 1.165) is 0 Å². The standard InChI is InChI=1S/C13H17NO5/c1-2-11(17)14-13(6-3-9-15,7-4-10-16)8-5-12(18)19/h1,9-10H,3-8H2,(H,14,17)(H,18,19). The molecule has 0 aliphatic rings. The number of carboxylic acid groups (broad SMARTS) is 1. The van der Waals surface area contributed by atoms with Gasteiger partial charge >= 0.3 is 5.97 Å². The topological polar surface area (TPSA) is 101 Å². The normalized spacial score (nSPS) is 10.3. The molecule has 6 nitrogen and oxygen atoms in total. The number of rotatable bonds is 10. The molecular weight excluding hydrogens is 250 g/mol. The highest BCUT2D eigenvalue weighted by atomic mass is 16.4. The Morgan fingerprint density at radius 3 is 2.05 bits per heavy atom. The zero-order valence-electron chi connectivity index (χ0n) is 10.6. The van der Waals surface area contributed by atoms with Crippen LogP contribution in [0.15, 0.2) is 0 Å². The van der Waals surface area contributed by atoms with Crippen molar-refractivity contribution in [3.8, 4) is 12.3 Å². The predicted molar refractivity (Wildman–Crippen MR) is 67.2 cm³/mol. The van der Waals surface area contributed by atoms with Crippen LogP contribution in [0, 0.1) is 12.3 Å². The van der Waals surface area contributed by atoms with Crippen LogP contribution in [-0.4, -0.2) is 35.1 Å². The molecule has 1 amide bonds. The average Bonchev–Trinajstić information content (AvgIpc) is 2.40. The number of carboxylic acids is 1. The average molecular weight is 267 g/mol. The summed E-state index contributed by atoms with van der Waals surface area (Å²) in [4.78, 5) is 42.9. The lowest BCUT2D eigenvalue weighted by molar-refractivity contribution is -0.137. The number of aldehydes is 2. The second-order valence-corrected chi connectivity index (χ2v) is 4.18. The van der Waals surface area contributed by atoms with Gasteiger partial charge in [0.05, 0.1) is 0 Å². The summed E-state index contributed by atoms with van der Waals surface area (Å²) < 4.78 is 0. The number of nitrogens with one attached hydrogen (secondary N) is 1. The molecule has 0 saturated carbocycles. The van der Waals surface area contributed by atoms with Crippen LogP contribution in [-0.2, 0) is 19.2 Å². The van der Waals surface area contributed by atoms with Crippen LogP contribution in [0.1, 0.15) is 38.5 Å². The largest absolute Gasteiger partial charge is 0.481 e. The van der Waals surface area contributed by atoms with Gasteiger partial charge in [-0.1, -0.05) is 0 Å². The molecule has 0 saturated heterocycles. The van der Waals surface area contributed by atoms with Crippen molar-refractivity contribution >= 4 is 24.4 Å². The van der Waals surface area contributed by atoms with E-state index in [-0.39, 0.29) is 38.5 Å². The van der Waals surface area contributed by atoms with Gasteiger partial charge in [-0.3, -0.25) is 9.59 Å². The molecule has 19 heavy (non-hydrogen) atoms. The maximum Gasteiger partial charge on any atom is 0.303 e. The molecule has 0 radical (unpaired) electrons. The number of hydrogen-bond acceptors (Lipinski definition) is 4. The van der Waals surface area contributed by atoms with E-state index in [4.69, 9.17) is 11.5 Å². The van der Waals surface area contributed by atoms with Crippen LogP contribution in [0.4, 0.5) is 0 Å². The molecule has 0 aromatic heterocycles. The molecule has 6 heteroatoms. The van der Waals surface area contributed by atoms with Crippen molar-refractivity contribution in [1.29, 1.82) is 0 Å². The van der Waals surface area contributed by atoms with Crippen molar-refractivity contribution < 1.29 is 24.3 Å². The predicted octanol–water partition coefficient (Wildman–Crippen LogP) is 0.298. The quantitative estimate of drug-likeness (QED) is 0.438. The third-order valence-corrected chi connectivity index (χ3v) is 2.81. The minimum Gasteiger partial charge on any atom is -0.481 e. The van der Waals surface area contributed by atoms with Crippen LogP contribution in [0.5, 0.6) is 0 Å². The Morgan fingerprint density at radius 1 is 1.16 bits per heavy atom. The SMILES string of the molecule is C#CC(=O)NC(CCC=O)(CCC=O)CCC(=O)O. The van der Waals surface area contributed by atoms with Crippen LogP contribution in [0.25, 0.3) is 0 Å². The lowest BCUT2D eigenvalue weighted by Gasteiger charge is -2.33. The minimum absolute atomic E-state index is 0.122. The monoisotopic (exact) mass is 267 g/mol. The molecule has 0 bridgehead atoms. The van der Waals surface area contributed by atoms with Gasteiger partial charge in [-0.15, -0.1) is 6.42 Å². The number of terminal acetylenes is 1. The second kappa shape index (κ2) is 8.86. The smallest absolute Gasteiger partial charge is 0.303 e. The molecule has 0 atom stereocenters. The molecule has 0 rings (SSSR count). The van der Waals surface area contributed by atoms with E-state index < -0.39 is 17.4 Å². The Morgan fingerprint density at radius 2 is 1.68 bits per heavy atom. The summed E-state index contributed by atoms with van der Waals surface area (Å²) in [5.41, 5.74) is -0.927. The van der Waals surface area contributed by atoms with Gasteiger partial charge in [-0.05, 0) is 25.2 Å². The number of aliphatic carboxylic acids is 1. The maximum atomic E-state index is 11.3. The summed E-state index contributed by atoms with van der Waals surface area (Å²) in [6.07, 6.45) is 7.10. The van der Waals surface area contributed by atoms with Crippen molar-refractivity contribution in [2.45, 2.75) is 44.1 Å². The van der Waals surface area contributed by atoms with Gasteiger partial charge in [0.2, 0.25) is 0 Å². The maximum absolute atomic E-state index is 11.3. The van der Waals surface area contributed by atoms with Crippen LogP contribution >= 0.6 is 0 Å². The van der Waals surface area contributed by atoms with E-state index in [9.17, 15) is 19.2 Å². The van der Waals surface area contributed by atoms with E-state index in [2.05, 4.69) is 5.32 Å². The molecule has 0 aromatic carbocycles. The number of amides is 1. The van der Waals surface area contributed by atoms with Gasteiger partial charge in [0.1, 0.15) is 12.6 Å². The minimum atomic E-state index is -1.02. The Hall–Kier alpha value is -2.16. The fourth-order valence-electron chi connectivity index (χ4n) is 1.86. The summed E-state index contributed by atoms with van der Waals surface area (Å²) in [6, 6.07) is 0. The summed E-state index contributed by atoms with van der Waals surface area (Å²) >= 11 is 0. The van der Waals surface area contributed by atoms with E-state index in [1.54, 1.807) is 0 Å². The molecule has 104 valence electrons. The van der Waals surface area contributed by atoms with Crippen molar-refractivity contribution in [2.75, 3.05) is 0 Å². The van der Waals surface area contributed by atoms with Crippen LogP contribution in [0.3, 0.4) is 0 Å². The van der Waals surface area contributed by atoms with Crippen molar-refractivity contribution in [2.24, 2.45) is 0 Å². The highest BCUT2D eigenvalue weighted by molar-refractivity contribution is 5.93. The van der Waals surface area contributed by atoms with Gasteiger partial charge < -0.3 is 20.0 Å². The van der Waals surface area contributed by atoms with Gasteiger partial charge in [-0.2, -0.15) is 0 Å². The third-order valence-electron chi connectivity index (χ3n) is 2.81. The fraction of sp³-hybridized carbons (Fsp3) is 0.538. The first kappa shape index (κ1) is 16.8. The Kier molecular flexibility index (Phi) is 7.85.